The lowest BCUT2D eigenvalue weighted by molar-refractivity contribution is 0.0257. The molecule has 2 N–H and O–H groups in total. The van der Waals surface area contributed by atoms with Crippen molar-refractivity contribution in [2.24, 2.45) is 0 Å². The van der Waals surface area contributed by atoms with Gasteiger partial charge in [-0.15, -0.1) is 0 Å². The molecule has 3 aromatic rings. The largest absolute Gasteiger partial charge is 0.480 e. The fraction of sp³-hybridized carbons (Fsp3) is 0.235. The summed E-state index contributed by atoms with van der Waals surface area (Å²) in [6.45, 7) is -0.138. The molecule has 0 unspecified atom stereocenters. The van der Waals surface area contributed by atoms with E-state index in [1.54, 1.807) is 12.1 Å². The van der Waals surface area contributed by atoms with Gasteiger partial charge in [0.25, 0.3) is 11.9 Å². The minimum absolute atomic E-state index is 0.0483. The number of aromatic amines is 1. The van der Waals surface area contributed by atoms with Crippen molar-refractivity contribution in [2.45, 2.75) is 12.3 Å². The number of fused-ring (bicyclic) bond motifs is 1. The van der Waals surface area contributed by atoms with E-state index in [4.69, 9.17) is 0 Å². The highest BCUT2D eigenvalue weighted by Crippen LogP contribution is 2.35. The van der Waals surface area contributed by atoms with E-state index in [9.17, 15) is 22.7 Å². The predicted molar refractivity (Wildman–Crippen MR) is 84.9 cm³/mol. The van der Waals surface area contributed by atoms with Crippen LogP contribution in [0.25, 0.3) is 22.2 Å². The van der Waals surface area contributed by atoms with Gasteiger partial charge in [0.05, 0.1) is 17.6 Å². The summed E-state index contributed by atoms with van der Waals surface area (Å²) in [5.41, 5.74) is 0.427. The number of aromatic nitrogens is 2. The maximum Gasteiger partial charge on any atom is 0.292 e. The maximum absolute atomic E-state index is 14.6. The van der Waals surface area contributed by atoms with Crippen LogP contribution in [0.15, 0.2) is 30.3 Å². The highest BCUT2D eigenvalue weighted by molar-refractivity contribution is 5.84. The van der Waals surface area contributed by atoms with Crippen LogP contribution in [-0.4, -0.2) is 34.1 Å². The van der Waals surface area contributed by atoms with E-state index in [0.29, 0.717) is 5.69 Å². The standard InChI is InChI=1S/C17H13F4N3O/c18-11-7-12-15(23-16(25)22-12)14(19)13(11)9-1-3-10(4-2-9)24-6-5-17(20,21)8-24/h1-4,7H,5-6,8H2,(H2,22,23,25). The van der Waals surface area contributed by atoms with Gasteiger partial charge in [0.2, 0.25) is 0 Å². The SMILES string of the molecule is Oc1nc2c(F)c(-c3ccc(N4CCC(F)(F)C4)cc3)c(F)cc2[nH]1. The first-order chi connectivity index (χ1) is 11.8. The number of hydrogen-bond donors (Lipinski definition) is 2. The van der Waals surface area contributed by atoms with Crippen molar-refractivity contribution in [3.63, 3.8) is 0 Å². The molecule has 0 aliphatic carbocycles. The smallest absolute Gasteiger partial charge is 0.292 e. The lowest BCUT2D eigenvalue weighted by atomic mass is 10.0. The Morgan fingerprint density at radius 3 is 2.52 bits per heavy atom. The Bertz CT molecular complexity index is 953. The first kappa shape index (κ1) is 15.7. The number of nitrogens with one attached hydrogen (secondary N) is 1. The second-order valence-corrected chi connectivity index (χ2v) is 6.08. The number of halogens is 4. The van der Waals surface area contributed by atoms with Crippen LogP contribution >= 0.6 is 0 Å². The van der Waals surface area contributed by atoms with Gasteiger partial charge in [-0.1, -0.05) is 12.1 Å². The quantitative estimate of drug-likeness (QED) is 0.685. The van der Waals surface area contributed by atoms with Crippen molar-refractivity contribution in [1.82, 2.24) is 9.97 Å². The Kier molecular flexibility index (Phi) is 3.38. The zero-order valence-electron chi connectivity index (χ0n) is 12.9. The first-order valence-electron chi connectivity index (χ1n) is 7.64. The van der Waals surface area contributed by atoms with Crippen LogP contribution in [0.3, 0.4) is 0 Å². The molecule has 2 heterocycles. The van der Waals surface area contributed by atoms with Crippen molar-refractivity contribution < 1.29 is 22.7 Å². The van der Waals surface area contributed by atoms with Crippen LogP contribution < -0.4 is 4.90 Å². The highest BCUT2D eigenvalue weighted by Gasteiger charge is 2.38. The number of anilines is 1. The van der Waals surface area contributed by atoms with E-state index < -0.39 is 23.6 Å². The normalized spacial score (nSPS) is 16.7. The maximum atomic E-state index is 14.6. The summed E-state index contributed by atoms with van der Waals surface area (Å²) in [4.78, 5) is 7.50. The minimum atomic E-state index is -2.72. The van der Waals surface area contributed by atoms with Gasteiger partial charge in [-0.3, -0.25) is 0 Å². The molecule has 0 saturated carbocycles. The van der Waals surface area contributed by atoms with Crippen LogP contribution in [0.4, 0.5) is 23.2 Å². The molecule has 1 saturated heterocycles. The number of rotatable bonds is 2. The van der Waals surface area contributed by atoms with E-state index in [2.05, 4.69) is 9.97 Å². The third-order valence-electron chi connectivity index (χ3n) is 4.35. The molecule has 0 amide bonds. The van der Waals surface area contributed by atoms with E-state index in [-0.39, 0.29) is 41.7 Å². The van der Waals surface area contributed by atoms with Crippen molar-refractivity contribution in [3.8, 4) is 17.1 Å². The molecule has 4 rings (SSSR count). The number of benzene rings is 2. The van der Waals surface area contributed by atoms with E-state index in [0.717, 1.165) is 6.07 Å². The molecular formula is C17H13F4N3O. The van der Waals surface area contributed by atoms with Gasteiger partial charge in [-0.2, -0.15) is 4.98 Å². The lowest BCUT2D eigenvalue weighted by Crippen LogP contribution is -2.24. The summed E-state index contributed by atoms with van der Waals surface area (Å²) in [5.74, 6) is -4.43. The van der Waals surface area contributed by atoms with Crippen LogP contribution in [-0.2, 0) is 0 Å². The summed E-state index contributed by atoms with van der Waals surface area (Å²) >= 11 is 0. The molecule has 1 fully saturated rings. The van der Waals surface area contributed by atoms with Crippen molar-refractivity contribution in [3.05, 3.63) is 42.0 Å². The molecule has 0 bridgehead atoms. The number of hydrogen-bond acceptors (Lipinski definition) is 3. The minimum Gasteiger partial charge on any atom is -0.480 e. The van der Waals surface area contributed by atoms with Crippen molar-refractivity contribution >= 4 is 16.7 Å². The van der Waals surface area contributed by atoms with Gasteiger partial charge < -0.3 is 15.0 Å². The zero-order valence-corrected chi connectivity index (χ0v) is 12.9. The van der Waals surface area contributed by atoms with Crippen LogP contribution in [0.5, 0.6) is 6.01 Å². The van der Waals surface area contributed by atoms with Gasteiger partial charge in [0.1, 0.15) is 11.3 Å². The first-order valence-corrected chi connectivity index (χ1v) is 7.64. The average Bonchev–Trinajstić information content (AvgIpc) is 3.10. The number of nitrogens with zero attached hydrogens (tertiary/aromatic N) is 2. The lowest BCUT2D eigenvalue weighted by Gasteiger charge is -2.18. The van der Waals surface area contributed by atoms with Crippen LogP contribution in [0.1, 0.15) is 6.42 Å². The second kappa shape index (κ2) is 5.37. The van der Waals surface area contributed by atoms with E-state index >= 15 is 0 Å². The second-order valence-electron chi connectivity index (χ2n) is 6.08. The summed E-state index contributed by atoms with van der Waals surface area (Å²) in [7, 11) is 0. The fourth-order valence-electron chi connectivity index (χ4n) is 3.13. The molecule has 0 atom stereocenters. The summed E-state index contributed by atoms with van der Waals surface area (Å²) < 4.78 is 55.5. The van der Waals surface area contributed by atoms with Gasteiger partial charge in [-0.05, 0) is 17.7 Å². The molecule has 4 nitrogen and oxygen atoms in total. The molecule has 130 valence electrons. The number of alkyl halides is 2. The van der Waals surface area contributed by atoms with E-state index in [1.165, 1.54) is 17.0 Å². The Morgan fingerprint density at radius 1 is 1.16 bits per heavy atom. The molecule has 2 aromatic carbocycles. The highest BCUT2D eigenvalue weighted by atomic mass is 19.3. The third kappa shape index (κ3) is 2.67. The Hall–Kier alpha value is -2.77. The average molecular weight is 351 g/mol. The topological polar surface area (TPSA) is 52.2 Å². The Labute approximate surface area is 139 Å². The molecular weight excluding hydrogens is 338 g/mol. The zero-order chi connectivity index (χ0) is 17.8. The molecule has 0 spiro atoms. The van der Waals surface area contributed by atoms with Crippen molar-refractivity contribution in [1.29, 1.82) is 0 Å². The summed E-state index contributed by atoms with van der Waals surface area (Å²) in [5, 5.41) is 9.31. The molecule has 1 aliphatic rings. The summed E-state index contributed by atoms with van der Waals surface area (Å²) in [6, 6.07) is 6.62. The van der Waals surface area contributed by atoms with Crippen LogP contribution in [0, 0.1) is 11.6 Å². The number of H-pyrrole nitrogens is 1. The number of imidazole rings is 1. The molecule has 1 aromatic heterocycles. The monoisotopic (exact) mass is 351 g/mol. The molecule has 1 aliphatic heterocycles. The van der Waals surface area contributed by atoms with E-state index in [1.807, 2.05) is 0 Å². The fourth-order valence-corrected chi connectivity index (χ4v) is 3.13. The Balaban J connectivity index is 1.72. The summed E-state index contributed by atoms with van der Waals surface area (Å²) in [6.07, 6.45) is -0.211. The molecule has 25 heavy (non-hydrogen) atoms. The van der Waals surface area contributed by atoms with Gasteiger partial charge in [-0.25, -0.2) is 17.6 Å². The van der Waals surface area contributed by atoms with Gasteiger partial charge in [0, 0.05) is 24.7 Å². The van der Waals surface area contributed by atoms with Gasteiger partial charge >= 0.3 is 0 Å². The van der Waals surface area contributed by atoms with Gasteiger partial charge in [0.15, 0.2) is 5.82 Å². The van der Waals surface area contributed by atoms with Crippen LogP contribution in [0.2, 0.25) is 0 Å². The number of aromatic hydroxyl groups is 1. The third-order valence-corrected chi connectivity index (χ3v) is 4.35. The predicted octanol–water partition coefficient (Wildman–Crippen LogP) is 4.06. The molecule has 8 heteroatoms. The molecule has 0 radical (unpaired) electrons. The Morgan fingerprint density at radius 2 is 1.88 bits per heavy atom. The van der Waals surface area contributed by atoms with Crippen molar-refractivity contribution in [2.75, 3.05) is 18.0 Å².